The van der Waals surface area contributed by atoms with Gasteiger partial charge in [0.25, 0.3) is 5.91 Å². The average Bonchev–Trinajstić information content (AvgIpc) is 3.15. The molecule has 0 spiro atoms. The van der Waals surface area contributed by atoms with Gasteiger partial charge in [-0.1, -0.05) is 30.3 Å². The van der Waals surface area contributed by atoms with Crippen molar-refractivity contribution in [1.82, 2.24) is 15.5 Å². The molecule has 2 atom stereocenters. The third-order valence-electron chi connectivity index (χ3n) is 4.30. The number of hydrogen-bond acceptors (Lipinski definition) is 6. The molecule has 9 nitrogen and oxygen atoms in total. The lowest BCUT2D eigenvalue weighted by Gasteiger charge is -2.28. The summed E-state index contributed by atoms with van der Waals surface area (Å²) in [5, 5.41) is 4.62. The van der Waals surface area contributed by atoms with Gasteiger partial charge in [-0.3, -0.25) is 15.0 Å². The Labute approximate surface area is 176 Å². The molecule has 164 valence electrons. The summed E-state index contributed by atoms with van der Waals surface area (Å²) in [6.45, 7) is 7.63. The topological polar surface area (TPSA) is 114 Å². The zero-order chi connectivity index (χ0) is 22.3. The first kappa shape index (κ1) is 23.2. The van der Waals surface area contributed by atoms with E-state index in [0.717, 1.165) is 0 Å². The lowest BCUT2D eigenvalue weighted by Crippen LogP contribution is -2.46. The van der Waals surface area contributed by atoms with Crippen LogP contribution >= 0.6 is 0 Å². The normalized spacial score (nSPS) is 17.1. The Balaban J connectivity index is 2.16. The van der Waals surface area contributed by atoms with Crippen LogP contribution in [0.4, 0.5) is 9.59 Å². The Hall–Kier alpha value is -3.10. The minimum Gasteiger partial charge on any atom is -0.446 e. The minimum absolute atomic E-state index is 0.335. The quantitative estimate of drug-likeness (QED) is 0.709. The zero-order valence-electron chi connectivity index (χ0n) is 17.8. The van der Waals surface area contributed by atoms with E-state index in [1.807, 2.05) is 0 Å². The third-order valence-corrected chi connectivity index (χ3v) is 4.30. The number of rotatable bonds is 5. The molecular formula is C21H29N3O6. The molecule has 0 radical (unpaired) electrons. The van der Waals surface area contributed by atoms with Crippen LogP contribution in [0.5, 0.6) is 0 Å². The van der Waals surface area contributed by atoms with E-state index in [0.29, 0.717) is 31.5 Å². The van der Waals surface area contributed by atoms with Gasteiger partial charge in [0, 0.05) is 18.7 Å². The summed E-state index contributed by atoms with van der Waals surface area (Å²) in [5.74, 6) is -1.50. The van der Waals surface area contributed by atoms with Crippen LogP contribution in [0.1, 0.15) is 52.2 Å². The number of amides is 4. The predicted octanol–water partition coefficient (Wildman–Crippen LogP) is 2.52. The lowest BCUT2D eigenvalue weighted by molar-refractivity contribution is -0.160. The highest BCUT2D eigenvalue weighted by Crippen LogP contribution is 2.25. The van der Waals surface area contributed by atoms with Crippen molar-refractivity contribution in [3.63, 3.8) is 0 Å². The van der Waals surface area contributed by atoms with E-state index in [2.05, 4.69) is 10.6 Å². The summed E-state index contributed by atoms with van der Waals surface area (Å²) in [6, 6.07) is 6.84. The monoisotopic (exact) mass is 419 g/mol. The van der Waals surface area contributed by atoms with E-state index in [1.54, 1.807) is 58.0 Å². The summed E-state index contributed by atoms with van der Waals surface area (Å²) in [4.78, 5) is 51.0. The molecule has 1 aliphatic heterocycles. The van der Waals surface area contributed by atoms with E-state index < -0.39 is 41.7 Å². The average molecular weight is 419 g/mol. The number of carbonyl (C=O) groups is 4. The highest BCUT2D eigenvalue weighted by Gasteiger charge is 2.39. The number of urea groups is 1. The first-order valence-electron chi connectivity index (χ1n) is 9.96. The van der Waals surface area contributed by atoms with E-state index in [1.165, 1.54) is 4.90 Å². The van der Waals surface area contributed by atoms with Crippen LogP contribution in [0.3, 0.4) is 0 Å². The van der Waals surface area contributed by atoms with Crippen molar-refractivity contribution in [1.29, 1.82) is 0 Å². The molecule has 1 fully saturated rings. The molecule has 0 aliphatic carbocycles. The molecule has 1 aliphatic rings. The van der Waals surface area contributed by atoms with Crippen molar-refractivity contribution in [2.75, 3.05) is 13.1 Å². The van der Waals surface area contributed by atoms with Crippen LogP contribution < -0.4 is 10.6 Å². The first-order valence-corrected chi connectivity index (χ1v) is 9.96. The molecule has 9 heteroatoms. The molecule has 2 N–H and O–H groups in total. The maximum Gasteiger partial charge on any atom is 0.411 e. The third kappa shape index (κ3) is 6.47. The van der Waals surface area contributed by atoms with Gasteiger partial charge in [0.15, 0.2) is 0 Å². The van der Waals surface area contributed by atoms with Crippen LogP contribution in [0, 0.1) is 0 Å². The number of carbonyl (C=O) groups excluding carboxylic acids is 4. The Morgan fingerprint density at radius 3 is 2.43 bits per heavy atom. The summed E-state index contributed by atoms with van der Waals surface area (Å²) in [7, 11) is 0. The van der Waals surface area contributed by atoms with Crippen molar-refractivity contribution in [3.05, 3.63) is 35.9 Å². The second-order valence-corrected chi connectivity index (χ2v) is 7.91. The van der Waals surface area contributed by atoms with Gasteiger partial charge < -0.3 is 14.8 Å². The highest BCUT2D eigenvalue weighted by molar-refractivity contribution is 5.98. The fourth-order valence-corrected chi connectivity index (χ4v) is 3.03. The van der Waals surface area contributed by atoms with Gasteiger partial charge in [0.1, 0.15) is 11.6 Å². The standard InChI is InChI=1S/C21H29N3O6/c1-5-22-19(27)23-17(25)16(14-10-7-6-8-11-14)29-18(26)15-12-9-13-24(15)20(28)30-21(2,3)4/h6-8,10-11,15-16H,5,9,12-13H2,1-4H3,(H2,22,23,25,27)/t15-,16-/m0/s1. The van der Waals surface area contributed by atoms with Gasteiger partial charge in [-0.05, 0) is 40.5 Å². The maximum atomic E-state index is 12.9. The van der Waals surface area contributed by atoms with E-state index in [4.69, 9.17) is 9.47 Å². The Kier molecular flexibility index (Phi) is 7.79. The lowest BCUT2D eigenvalue weighted by atomic mass is 10.1. The van der Waals surface area contributed by atoms with Gasteiger partial charge in [-0.2, -0.15) is 0 Å². The van der Waals surface area contributed by atoms with Crippen molar-refractivity contribution < 1.29 is 28.7 Å². The van der Waals surface area contributed by atoms with Crippen molar-refractivity contribution in [3.8, 4) is 0 Å². The molecule has 30 heavy (non-hydrogen) atoms. The van der Waals surface area contributed by atoms with Crippen LogP contribution in [-0.4, -0.2) is 53.6 Å². The largest absolute Gasteiger partial charge is 0.446 e. The summed E-state index contributed by atoms with van der Waals surface area (Å²) < 4.78 is 10.9. The van der Waals surface area contributed by atoms with Crippen LogP contribution in [-0.2, 0) is 19.1 Å². The van der Waals surface area contributed by atoms with Gasteiger partial charge in [0.05, 0.1) is 0 Å². The molecule has 0 unspecified atom stereocenters. The van der Waals surface area contributed by atoms with Gasteiger partial charge in [-0.25, -0.2) is 14.4 Å². The number of nitrogens with one attached hydrogen (secondary N) is 2. The molecule has 2 rings (SSSR count). The number of hydrogen-bond donors (Lipinski definition) is 2. The Morgan fingerprint density at radius 1 is 1.17 bits per heavy atom. The molecule has 1 aromatic rings. The van der Waals surface area contributed by atoms with Crippen LogP contribution in [0.15, 0.2) is 30.3 Å². The smallest absolute Gasteiger partial charge is 0.411 e. The molecule has 4 amide bonds. The maximum absolute atomic E-state index is 12.9. The number of likely N-dealkylation sites (tertiary alicyclic amines) is 1. The second-order valence-electron chi connectivity index (χ2n) is 7.91. The number of benzene rings is 1. The van der Waals surface area contributed by atoms with E-state index >= 15 is 0 Å². The van der Waals surface area contributed by atoms with Gasteiger partial charge in [-0.15, -0.1) is 0 Å². The summed E-state index contributed by atoms with van der Waals surface area (Å²) in [5.41, 5.74) is -0.290. The molecule has 0 aromatic heterocycles. The molecule has 1 saturated heterocycles. The minimum atomic E-state index is -1.33. The van der Waals surface area contributed by atoms with Crippen LogP contribution in [0.2, 0.25) is 0 Å². The van der Waals surface area contributed by atoms with Crippen molar-refractivity contribution in [2.24, 2.45) is 0 Å². The predicted molar refractivity (Wildman–Crippen MR) is 108 cm³/mol. The van der Waals surface area contributed by atoms with E-state index in [-0.39, 0.29) is 0 Å². The fourth-order valence-electron chi connectivity index (χ4n) is 3.03. The summed E-state index contributed by atoms with van der Waals surface area (Å²) >= 11 is 0. The highest BCUT2D eigenvalue weighted by atomic mass is 16.6. The van der Waals surface area contributed by atoms with E-state index in [9.17, 15) is 19.2 Å². The molecule has 0 saturated carbocycles. The van der Waals surface area contributed by atoms with Crippen molar-refractivity contribution in [2.45, 2.75) is 58.3 Å². The Morgan fingerprint density at radius 2 is 1.83 bits per heavy atom. The van der Waals surface area contributed by atoms with Crippen molar-refractivity contribution >= 4 is 24.0 Å². The number of nitrogens with zero attached hydrogens (tertiary/aromatic N) is 1. The second kappa shape index (κ2) is 10.1. The Bertz CT molecular complexity index is 775. The number of imide groups is 1. The fraction of sp³-hybridized carbons (Fsp3) is 0.524. The number of esters is 1. The van der Waals surface area contributed by atoms with Crippen LogP contribution in [0.25, 0.3) is 0 Å². The molecule has 1 aromatic carbocycles. The molecule has 1 heterocycles. The molecular weight excluding hydrogens is 390 g/mol. The van der Waals surface area contributed by atoms with Gasteiger partial charge >= 0.3 is 18.1 Å². The van der Waals surface area contributed by atoms with Gasteiger partial charge in [0.2, 0.25) is 6.10 Å². The first-order chi connectivity index (χ1) is 14.1. The summed E-state index contributed by atoms with van der Waals surface area (Å²) in [6.07, 6.45) is -0.926. The zero-order valence-corrected chi connectivity index (χ0v) is 17.8. The molecule has 0 bridgehead atoms. The number of ether oxygens (including phenoxy) is 2. The SMILES string of the molecule is CCNC(=O)NC(=O)[C@@H](OC(=O)[C@@H]1CCCN1C(=O)OC(C)(C)C)c1ccccc1.